The lowest BCUT2D eigenvalue weighted by molar-refractivity contribution is -0.252. The lowest BCUT2D eigenvalue weighted by atomic mass is 9.88. The normalized spacial score (nSPS) is 36.6. The lowest BCUT2D eigenvalue weighted by Gasteiger charge is -2.32. The average molecular weight is 410 g/mol. The molecule has 3 nitrogen and oxygen atoms in total. The van der Waals surface area contributed by atoms with Gasteiger partial charge in [0.15, 0.2) is 0 Å². The van der Waals surface area contributed by atoms with Gasteiger partial charge in [0.1, 0.15) is 6.10 Å². The maximum Gasteiger partial charge on any atom is 0.231 e. The third-order valence-electron chi connectivity index (χ3n) is 5.52. The Kier molecular flexibility index (Phi) is 5.94. The lowest BCUT2D eigenvalue weighted by Crippen LogP contribution is -2.50. The van der Waals surface area contributed by atoms with Crippen molar-refractivity contribution in [3.05, 3.63) is 35.9 Å². The topological polar surface area (TPSA) is 30.5 Å². The smallest absolute Gasteiger partial charge is 0.231 e. The van der Waals surface area contributed by atoms with Gasteiger partial charge >= 0.3 is 0 Å². The van der Waals surface area contributed by atoms with Gasteiger partial charge in [-0.25, -0.2) is 0 Å². The first-order valence-corrected chi connectivity index (χ1v) is 10.6. The van der Waals surface area contributed by atoms with Crippen LogP contribution in [0.1, 0.15) is 59.1 Å². The number of nitrogens with one attached hydrogen (secondary N) is 1. The van der Waals surface area contributed by atoms with E-state index in [4.69, 9.17) is 9.47 Å². The summed E-state index contributed by atoms with van der Waals surface area (Å²) >= 11 is 3.88. The predicted molar refractivity (Wildman–Crippen MR) is 106 cm³/mol. The number of rotatable bonds is 5. The van der Waals surface area contributed by atoms with Crippen molar-refractivity contribution in [1.29, 1.82) is 0 Å². The van der Waals surface area contributed by atoms with Crippen LogP contribution in [0.3, 0.4) is 0 Å². The summed E-state index contributed by atoms with van der Waals surface area (Å²) in [6.45, 7) is 11.3. The molecule has 0 bridgehead atoms. The van der Waals surface area contributed by atoms with Crippen molar-refractivity contribution in [3.8, 4) is 0 Å². The van der Waals surface area contributed by atoms with Gasteiger partial charge in [0.2, 0.25) is 5.91 Å². The maximum atomic E-state index is 6.61. The molecule has 2 aliphatic heterocycles. The molecule has 0 radical (unpaired) electrons. The van der Waals surface area contributed by atoms with Crippen molar-refractivity contribution in [2.45, 2.75) is 76.4 Å². The van der Waals surface area contributed by atoms with Crippen LogP contribution in [-0.4, -0.2) is 22.9 Å². The van der Waals surface area contributed by atoms with E-state index >= 15 is 0 Å². The van der Waals surface area contributed by atoms with Gasteiger partial charge in [-0.15, -0.1) is 0 Å². The molecular formula is C21H32BrNO2. The summed E-state index contributed by atoms with van der Waals surface area (Å²) in [5, 5.41) is 3.68. The molecule has 3 rings (SSSR count). The quantitative estimate of drug-likeness (QED) is 0.672. The fraction of sp³-hybridized carbons (Fsp3) is 0.714. The molecule has 2 unspecified atom stereocenters. The average Bonchev–Trinajstić information content (AvgIpc) is 3.08. The Morgan fingerprint density at radius 3 is 2.44 bits per heavy atom. The van der Waals surface area contributed by atoms with Gasteiger partial charge in [0.25, 0.3) is 0 Å². The molecule has 140 valence electrons. The second-order valence-electron chi connectivity index (χ2n) is 8.44. The maximum absolute atomic E-state index is 6.61. The molecule has 6 atom stereocenters. The minimum atomic E-state index is -0.665. The summed E-state index contributed by atoms with van der Waals surface area (Å²) in [6, 6.07) is 10.7. The molecule has 2 saturated heterocycles. The number of hydrogen-bond donors (Lipinski definition) is 1. The third kappa shape index (κ3) is 3.97. The Bertz CT molecular complexity index is 564. The van der Waals surface area contributed by atoms with Crippen molar-refractivity contribution in [2.24, 2.45) is 17.8 Å². The number of halogens is 1. The van der Waals surface area contributed by atoms with Gasteiger partial charge < -0.3 is 9.47 Å². The molecule has 4 heteroatoms. The van der Waals surface area contributed by atoms with E-state index in [2.05, 4.69) is 80.1 Å². The Morgan fingerprint density at radius 1 is 1.16 bits per heavy atom. The first kappa shape index (κ1) is 19.3. The van der Waals surface area contributed by atoms with E-state index < -0.39 is 5.91 Å². The van der Waals surface area contributed by atoms with Crippen LogP contribution < -0.4 is 5.32 Å². The molecule has 1 aromatic carbocycles. The number of hydrogen-bond acceptors (Lipinski definition) is 3. The highest BCUT2D eigenvalue weighted by Gasteiger charge is 2.58. The Hall–Kier alpha value is -0.420. The molecule has 0 saturated carbocycles. The van der Waals surface area contributed by atoms with Crippen LogP contribution in [0.5, 0.6) is 0 Å². The van der Waals surface area contributed by atoms with Crippen molar-refractivity contribution < 1.29 is 9.47 Å². The highest BCUT2D eigenvalue weighted by Crippen LogP contribution is 2.49. The van der Waals surface area contributed by atoms with Gasteiger partial charge in [-0.1, -0.05) is 74.0 Å². The van der Waals surface area contributed by atoms with Gasteiger partial charge in [-0.05, 0) is 37.2 Å². The van der Waals surface area contributed by atoms with Crippen molar-refractivity contribution >= 4 is 15.9 Å². The third-order valence-corrected chi connectivity index (χ3v) is 6.48. The predicted octanol–water partition coefficient (Wildman–Crippen LogP) is 5.26. The summed E-state index contributed by atoms with van der Waals surface area (Å²) in [5.74, 6) is 0.830. The number of ether oxygens (including phenoxy) is 2. The van der Waals surface area contributed by atoms with E-state index in [1.807, 2.05) is 6.07 Å². The molecule has 1 spiro atoms. The molecule has 0 amide bonds. The molecule has 2 aliphatic rings. The number of alkyl halides is 1. The highest BCUT2D eigenvalue weighted by atomic mass is 79.9. The molecular weight excluding hydrogens is 378 g/mol. The van der Waals surface area contributed by atoms with Crippen LogP contribution in [0, 0.1) is 17.8 Å². The van der Waals surface area contributed by atoms with E-state index in [-0.39, 0.29) is 18.2 Å². The summed E-state index contributed by atoms with van der Waals surface area (Å²) < 4.78 is 13.2. The van der Waals surface area contributed by atoms with Crippen LogP contribution in [-0.2, 0) is 9.47 Å². The summed E-state index contributed by atoms with van der Waals surface area (Å²) in [7, 11) is 0. The summed E-state index contributed by atoms with van der Waals surface area (Å²) in [5.41, 5.74) is 1.21. The van der Waals surface area contributed by atoms with E-state index in [0.717, 1.165) is 12.8 Å². The standard InChI is InChI=1S/C21H32BrNO2/c1-13(2)11-18(22)19-12-17(14(3)4)21(24-19)23-15(5)20(25-21)16-9-7-6-8-10-16/h6-10,13-15,17-20,23H,11-12H2,1-5H3/t15-,17-,18-,19?,20?,21+/m0/s1. The van der Waals surface area contributed by atoms with Gasteiger partial charge in [-0.2, -0.15) is 0 Å². The van der Waals surface area contributed by atoms with Gasteiger partial charge in [0.05, 0.1) is 6.10 Å². The molecule has 25 heavy (non-hydrogen) atoms. The zero-order valence-corrected chi connectivity index (χ0v) is 17.6. The van der Waals surface area contributed by atoms with Crippen molar-refractivity contribution in [3.63, 3.8) is 0 Å². The molecule has 1 aromatic rings. The second-order valence-corrected chi connectivity index (χ2v) is 9.61. The molecule has 0 aliphatic carbocycles. The van der Waals surface area contributed by atoms with Crippen LogP contribution in [0.4, 0.5) is 0 Å². The summed E-state index contributed by atoms with van der Waals surface area (Å²) in [4.78, 5) is 0.365. The van der Waals surface area contributed by atoms with Gasteiger partial charge in [-0.3, -0.25) is 5.32 Å². The Morgan fingerprint density at radius 2 is 1.84 bits per heavy atom. The first-order valence-electron chi connectivity index (χ1n) is 9.64. The molecule has 0 aromatic heterocycles. The zero-order chi connectivity index (χ0) is 18.2. The molecule has 2 heterocycles. The Labute approximate surface area is 161 Å². The van der Waals surface area contributed by atoms with E-state index in [9.17, 15) is 0 Å². The first-order chi connectivity index (χ1) is 11.8. The van der Waals surface area contributed by atoms with Crippen LogP contribution in [0.25, 0.3) is 0 Å². The van der Waals surface area contributed by atoms with Crippen molar-refractivity contribution in [1.82, 2.24) is 5.32 Å². The summed E-state index contributed by atoms with van der Waals surface area (Å²) in [6.07, 6.45) is 2.36. The van der Waals surface area contributed by atoms with Gasteiger partial charge in [0, 0.05) is 16.8 Å². The monoisotopic (exact) mass is 409 g/mol. The zero-order valence-electron chi connectivity index (χ0n) is 16.0. The SMILES string of the molecule is CC(C)C[C@H](Br)C1C[C@@H](C(C)C)[C@@]2(N[C@@H](C)C(c3ccccc3)O2)O1. The molecule has 2 fully saturated rings. The van der Waals surface area contributed by atoms with E-state index in [1.165, 1.54) is 5.56 Å². The minimum absolute atomic E-state index is 0.0278. The highest BCUT2D eigenvalue weighted by molar-refractivity contribution is 9.09. The molecule has 1 N–H and O–H groups in total. The van der Waals surface area contributed by atoms with Crippen molar-refractivity contribution in [2.75, 3.05) is 0 Å². The Balaban J connectivity index is 1.81. The fourth-order valence-electron chi connectivity index (χ4n) is 4.27. The fourth-order valence-corrected chi connectivity index (χ4v) is 5.35. The minimum Gasteiger partial charge on any atom is -0.333 e. The van der Waals surface area contributed by atoms with E-state index in [1.54, 1.807) is 0 Å². The van der Waals surface area contributed by atoms with E-state index in [0.29, 0.717) is 22.6 Å². The van der Waals surface area contributed by atoms with Crippen LogP contribution >= 0.6 is 15.9 Å². The van der Waals surface area contributed by atoms with Crippen LogP contribution in [0.2, 0.25) is 0 Å². The second kappa shape index (κ2) is 7.67. The number of benzene rings is 1. The van der Waals surface area contributed by atoms with Crippen LogP contribution in [0.15, 0.2) is 30.3 Å². The largest absolute Gasteiger partial charge is 0.333 e.